The van der Waals surface area contributed by atoms with E-state index in [-0.39, 0.29) is 5.57 Å². The zero-order valence-corrected chi connectivity index (χ0v) is 16.7. The van der Waals surface area contributed by atoms with Crippen LogP contribution in [0, 0.1) is 0 Å². The first kappa shape index (κ1) is 20.3. The highest BCUT2D eigenvalue weighted by molar-refractivity contribution is 6.30. The summed E-state index contributed by atoms with van der Waals surface area (Å²) in [6.45, 7) is 4.63. The Morgan fingerprint density at radius 2 is 2.11 bits per heavy atom. The van der Waals surface area contributed by atoms with Gasteiger partial charge in [0.25, 0.3) is 0 Å². The fourth-order valence-corrected chi connectivity index (χ4v) is 3.42. The molecule has 0 spiro atoms. The van der Waals surface area contributed by atoms with Crippen LogP contribution in [0.25, 0.3) is 6.08 Å². The third kappa shape index (κ3) is 6.04. The molecule has 0 aliphatic carbocycles. The molecule has 0 radical (unpaired) electrons. The van der Waals surface area contributed by atoms with Gasteiger partial charge in [0.15, 0.2) is 0 Å². The highest BCUT2D eigenvalue weighted by Gasteiger charge is 2.20. The summed E-state index contributed by atoms with van der Waals surface area (Å²) in [7, 11) is 0. The smallest absolute Gasteiger partial charge is 0.331 e. The highest BCUT2D eigenvalue weighted by atomic mass is 35.5. The summed E-state index contributed by atoms with van der Waals surface area (Å²) in [5.74, 6) is -0.237. The van der Waals surface area contributed by atoms with E-state index >= 15 is 0 Å². The van der Waals surface area contributed by atoms with Gasteiger partial charge in [-0.15, -0.1) is 0 Å². The normalized spacial score (nSPS) is 18.1. The van der Waals surface area contributed by atoms with Gasteiger partial charge in [0.1, 0.15) is 5.82 Å². The number of halogens is 1. The minimum Gasteiger partial charge on any atom is -0.478 e. The molecule has 3 rings (SSSR count). The van der Waals surface area contributed by atoms with Crippen LogP contribution in [0.1, 0.15) is 31.0 Å². The number of aromatic nitrogens is 2. The first-order valence-corrected chi connectivity index (χ1v) is 9.84. The molecular weight excluding hydrogens is 376 g/mol. The van der Waals surface area contributed by atoms with Crippen LogP contribution in [0.3, 0.4) is 0 Å². The second-order valence-electron chi connectivity index (χ2n) is 7.12. The lowest BCUT2D eigenvalue weighted by Gasteiger charge is -2.33. The molecule has 28 heavy (non-hydrogen) atoms. The van der Waals surface area contributed by atoms with Crippen LogP contribution in [0.2, 0.25) is 5.02 Å². The SMILES string of the molecule is C/C(=C\c1cnc(N[C@@H]2CCCN(CCc3ccc(Cl)cc3)C2)cn1)C(=O)O. The number of aliphatic carboxylic acids is 1. The van der Waals surface area contributed by atoms with Crippen LogP contribution in [0.4, 0.5) is 5.82 Å². The minimum atomic E-state index is -0.954. The maximum absolute atomic E-state index is 10.9. The van der Waals surface area contributed by atoms with E-state index in [2.05, 4.69) is 32.3 Å². The van der Waals surface area contributed by atoms with E-state index in [0.29, 0.717) is 11.7 Å². The Labute approximate surface area is 170 Å². The average molecular weight is 401 g/mol. The van der Waals surface area contributed by atoms with Crippen LogP contribution in [-0.2, 0) is 11.2 Å². The van der Waals surface area contributed by atoms with Crippen molar-refractivity contribution in [3.63, 3.8) is 0 Å². The topological polar surface area (TPSA) is 78.4 Å². The number of benzene rings is 1. The van der Waals surface area contributed by atoms with Crippen molar-refractivity contribution < 1.29 is 9.90 Å². The second kappa shape index (κ2) is 9.66. The van der Waals surface area contributed by atoms with Gasteiger partial charge in [-0.05, 0) is 56.5 Å². The van der Waals surface area contributed by atoms with Crippen molar-refractivity contribution >= 4 is 29.5 Å². The van der Waals surface area contributed by atoms with E-state index in [9.17, 15) is 4.79 Å². The molecule has 0 amide bonds. The summed E-state index contributed by atoms with van der Waals surface area (Å²) >= 11 is 5.95. The summed E-state index contributed by atoms with van der Waals surface area (Å²) in [6.07, 6.45) is 8.01. The zero-order chi connectivity index (χ0) is 19.9. The monoisotopic (exact) mass is 400 g/mol. The fourth-order valence-electron chi connectivity index (χ4n) is 3.29. The largest absolute Gasteiger partial charge is 0.478 e. The third-order valence-corrected chi connectivity index (χ3v) is 5.11. The fraction of sp³-hybridized carbons (Fsp3) is 0.381. The molecule has 7 heteroatoms. The summed E-state index contributed by atoms with van der Waals surface area (Å²) in [5.41, 5.74) is 2.07. The summed E-state index contributed by atoms with van der Waals surface area (Å²) < 4.78 is 0. The number of carbonyl (C=O) groups is 1. The molecule has 1 aromatic carbocycles. The highest BCUT2D eigenvalue weighted by Crippen LogP contribution is 2.16. The number of carboxylic acids is 1. The maximum atomic E-state index is 10.9. The van der Waals surface area contributed by atoms with Gasteiger partial charge in [-0.2, -0.15) is 0 Å². The van der Waals surface area contributed by atoms with Gasteiger partial charge < -0.3 is 15.3 Å². The van der Waals surface area contributed by atoms with Gasteiger partial charge in [-0.3, -0.25) is 4.98 Å². The number of hydrogen-bond acceptors (Lipinski definition) is 5. The standard InChI is InChI=1S/C21H25ClN4O2/c1-15(21(27)28)11-19-12-24-20(13-23-19)25-18-3-2-9-26(14-18)10-8-16-4-6-17(22)7-5-16/h4-7,11-13,18H,2-3,8-10,14H2,1H3,(H,24,25)(H,27,28)/b15-11+/t18-/m1/s1. The number of carboxylic acid groups (broad SMARTS) is 1. The Bertz CT molecular complexity index is 821. The number of anilines is 1. The van der Waals surface area contributed by atoms with Crippen LogP contribution in [-0.4, -0.2) is 51.6 Å². The van der Waals surface area contributed by atoms with Crippen molar-refractivity contribution in [1.29, 1.82) is 0 Å². The quantitative estimate of drug-likeness (QED) is 0.689. The number of likely N-dealkylation sites (tertiary alicyclic amines) is 1. The lowest BCUT2D eigenvalue weighted by atomic mass is 10.0. The summed E-state index contributed by atoms with van der Waals surface area (Å²) in [6, 6.07) is 8.37. The van der Waals surface area contributed by atoms with Crippen molar-refractivity contribution in [1.82, 2.24) is 14.9 Å². The van der Waals surface area contributed by atoms with E-state index in [1.807, 2.05) is 12.1 Å². The molecule has 1 fully saturated rings. The summed E-state index contributed by atoms with van der Waals surface area (Å²) in [4.78, 5) is 22.0. The van der Waals surface area contributed by atoms with Gasteiger partial charge in [0, 0.05) is 29.7 Å². The van der Waals surface area contributed by atoms with Crippen LogP contribution >= 0.6 is 11.6 Å². The molecule has 0 saturated carbocycles. The Kier molecular flexibility index (Phi) is 7.01. The molecule has 2 N–H and O–H groups in total. The molecule has 0 unspecified atom stereocenters. The van der Waals surface area contributed by atoms with Gasteiger partial charge >= 0.3 is 5.97 Å². The summed E-state index contributed by atoms with van der Waals surface area (Å²) in [5, 5.41) is 13.1. The average Bonchev–Trinajstić information content (AvgIpc) is 2.69. The first-order chi connectivity index (χ1) is 13.5. The number of nitrogens with one attached hydrogen (secondary N) is 1. The predicted octanol–water partition coefficient (Wildman–Crippen LogP) is 3.74. The molecule has 1 aliphatic rings. The van der Waals surface area contributed by atoms with E-state index < -0.39 is 5.97 Å². The third-order valence-electron chi connectivity index (χ3n) is 4.86. The van der Waals surface area contributed by atoms with Crippen molar-refractivity contribution in [2.75, 3.05) is 25.0 Å². The van der Waals surface area contributed by atoms with Gasteiger partial charge in [0.2, 0.25) is 0 Å². The number of hydrogen-bond donors (Lipinski definition) is 2. The van der Waals surface area contributed by atoms with Crippen molar-refractivity contribution in [2.45, 2.75) is 32.2 Å². The van der Waals surface area contributed by atoms with Crippen LogP contribution in [0.15, 0.2) is 42.2 Å². The van der Waals surface area contributed by atoms with E-state index in [0.717, 1.165) is 49.7 Å². The number of piperidine rings is 1. The lowest BCUT2D eigenvalue weighted by Crippen LogP contribution is -2.43. The predicted molar refractivity (Wildman–Crippen MR) is 112 cm³/mol. The molecule has 1 aliphatic heterocycles. The van der Waals surface area contributed by atoms with Gasteiger partial charge in [0.05, 0.1) is 18.1 Å². The van der Waals surface area contributed by atoms with Crippen LogP contribution < -0.4 is 5.32 Å². The van der Waals surface area contributed by atoms with Crippen LogP contribution in [0.5, 0.6) is 0 Å². The second-order valence-corrected chi connectivity index (χ2v) is 7.56. The Balaban J connectivity index is 1.51. The molecule has 2 aromatic rings. The molecular formula is C21H25ClN4O2. The molecule has 1 atom stereocenters. The van der Waals surface area contributed by atoms with Crippen molar-refractivity contribution in [3.05, 3.63) is 58.5 Å². The molecule has 1 saturated heterocycles. The Hall–Kier alpha value is -2.44. The minimum absolute atomic E-state index is 0.235. The zero-order valence-electron chi connectivity index (χ0n) is 15.9. The first-order valence-electron chi connectivity index (χ1n) is 9.46. The van der Waals surface area contributed by atoms with E-state index in [1.54, 1.807) is 12.4 Å². The molecule has 1 aromatic heterocycles. The van der Waals surface area contributed by atoms with E-state index in [4.69, 9.17) is 16.7 Å². The maximum Gasteiger partial charge on any atom is 0.331 e. The van der Waals surface area contributed by atoms with Crippen molar-refractivity contribution in [2.24, 2.45) is 0 Å². The van der Waals surface area contributed by atoms with E-state index in [1.165, 1.54) is 18.6 Å². The van der Waals surface area contributed by atoms with Gasteiger partial charge in [-0.1, -0.05) is 23.7 Å². The molecule has 148 valence electrons. The Morgan fingerprint density at radius 3 is 2.79 bits per heavy atom. The van der Waals surface area contributed by atoms with Gasteiger partial charge in [-0.25, -0.2) is 9.78 Å². The Morgan fingerprint density at radius 1 is 1.32 bits per heavy atom. The molecule has 6 nitrogen and oxygen atoms in total. The number of rotatable bonds is 7. The lowest BCUT2D eigenvalue weighted by molar-refractivity contribution is -0.132. The molecule has 0 bridgehead atoms. The number of nitrogens with zero attached hydrogens (tertiary/aromatic N) is 3. The van der Waals surface area contributed by atoms with Crippen molar-refractivity contribution in [3.8, 4) is 0 Å². The molecule has 2 heterocycles.